The van der Waals surface area contributed by atoms with E-state index < -0.39 is 46.0 Å². The van der Waals surface area contributed by atoms with E-state index in [2.05, 4.69) is 14.8 Å². The number of rotatable bonds is 9. The molecule has 2 N–H and O–H groups in total. The highest BCUT2D eigenvalue weighted by atomic mass is 32.2. The monoisotopic (exact) mass is 599 g/mol. The number of primary amides is 1. The Morgan fingerprint density at radius 2 is 1.85 bits per heavy atom. The largest absolute Gasteiger partial charge is 0.573 e. The van der Waals surface area contributed by atoms with Crippen LogP contribution in [-0.2, 0) is 26.9 Å². The molecule has 1 saturated heterocycles. The summed E-state index contributed by atoms with van der Waals surface area (Å²) >= 11 is 0. The lowest BCUT2D eigenvalue weighted by molar-refractivity contribution is -0.274. The molecule has 0 aliphatic carbocycles. The van der Waals surface area contributed by atoms with Crippen LogP contribution in [0.4, 0.5) is 17.6 Å². The summed E-state index contributed by atoms with van der Waals surface area (Å²) in [7, 11) is -3.34. The van der Waals surface area contributed by atoms with Crippen molar-refractivity contribution in [2.45, 2.75) is 37.4 Å². The molecule has 0 radical (unpaired) electrons. The number of piperidine rings is 1. The van der Waals surface area contributed by atoms with Crippen LogP contribution >= 0.6 is 0 Å². The first-order chi connectivity index (χ1) is 19.2. The van der Waals surface area contributed by atoms with Crippen LogP contribution in [0.5, 0.6) is 11.6 Å². The zero-order valence-corrected chi connectivity index (χ0v) is 22.4. The molecule has 1 aliphatic heterocycles. The number of halogens is 4. The van der Waals surface area contributed by atoms with Crippen LogP contribution in [0, 0.1) is 0 Å². The van der Waals surface area contributed by atoms with Gasteiger partial charge in [-0.2, -0.15) is 5.10 Å². The fourth-order valence-corrected chi connectivity index (χ4v) is 4.81. The quantitative estimate of drug-likeness (QED) is 0.369. The molecule has 4 rings (SSSR count). The first kappa shape index (κ1) is 29.8. The number of pyridine rings is 1. The van der Waals surface area contributed by atoms with Crippen molar-refractivity contribution in [2.75, 3.05) is 19.3 Å². The Hall–Kier alpha value is -4.21. The molecule has 2 atom stereocenters. The Morgan fingerprint density at radius 1 is 1.15 bits per heavy atom. The number of nitrogens with two attached hydrogens (primary N) is 1. The van der Waals surface area contributed by atoms with Crippen molar-refractivity contribution in [3.05, 3.63) is 60.0 Å². The summed E-state index contributed by atoms with van der Waals surface area (Å²) < 4.78 is 85.7. The standard InChI is InChI=1S/C25H25F4N5O6S/c1-41(37,38)14-34-12-17(11-32-34)16-9-19(23(30)36)24(31-10-16)39-21-6-7-33(13-20(21)26)22(35)8-15-2-4-18(5-3-15)40-25(27,28)29/h2-5,9-12,20-21H,6-8,13-14H2,1H3,(H2,30,36). The van der Waals surface area contributed by atoms with E-state index in [-0.39, 0.29) is 43.3 Å². The van der Waals surface area contributed by atoms with Gasteiger partial charge in [-0.1, -0.05) is 12.1 Å². The van der Waals surface area contributed by atoms with Gasteiger partial charge in [0.2, 0.25) is 11.8 Å². The molecular formula is C25H25F4N5O6S. The summed E-state index contributed by atoms with van der Waals surface area (Å²) in [4.78, 5) is 30.2. The van der Waals surface area contributed by atoms with Gasteiger partial charge >= 0.3 is 6.36 Å². The summed E-state index contributed by atoms with van der Waals surface area (Å²) in [6.07, 6.45) is -2.32. The third-order valence-corrected chi connectivity index (χ3v) is 6.79. The van der Waals surface area contributed by atoms with Gasteiger partial charge in [0, 0.05) is 42.7 Å². The molecule has 1 fully saturated rings. The van der Waals surface area contributed by atoms with Gasteiger partial charge in [-0.15, -0.1) is 13.2 Å². The van der Waals surface area contributed by atoms with Crippen LogP contribution in [-0.4, -0.2) is 77.9 Å². The predicted molar refractivity (Wildman–Crippen MR) is 136 cm³/mol. The lowest BCUT2D eigenvalue weighted by Crippen LogP contribution is -2.49. The van der Waals surface area contributed by atoms with Gasteiger partial charge in [0.25, 0.3) is 5.91 Å². The number of amides is 2. The lowest BCUT2D eigenvalue weighted by atomic mass is 10.0. The maximum atomic E-state index is 15.1. The minimum absolute atomic E-state index is 0.0746. The Balaban J connectivity index is 1.38. The van der Waals surface area contributed by atoms with Crippen molar-refractivity contribution >= 4 is 21.7 Å². The number of hydrogen-bond acceptors (Lipinski definition) is 8. The van der Waals surface area contributed by atoms with Gasteiger partial charge in [0.15, 0.2) is 16.0 Å². The fourth-order valence-electron chi connectivity index (χ4n) is 4.19. The number of aromatic nitrogens is 3. The van der Waals surface area contributed by atoms with E-state index in [1.165, 1.54) is 46.4 Å². The molecule has 11 nitrogen and oxygen atoms in total. The average Bonchev–Trinajstić information content (AvgIpc) is 3.32. The topological polar surface area (TPSA) is 147 Å². The number of sulfone groups is 1. The molecule has 41 heavy (non-hydrogen) atoms. The Bertz CT molecular complexity index is 1530. The molecule has 220 valence electrons. The Labute approximate surface area is 231 Å². The molecular weight excluding hydrogens is 574 g/mol. The fraction of sp³-hybridized carbons (Fsp3) is 0.360. The Kier molecular flexibility index (Phi) is 8.51. The van der Waals surface area contributed by atoms with E-state index in [1.54, 1.807) is 0 Å². The van der Waals surface area contributed by atoms with Gasteiger partial charge in [0.1, 0.15) is 23.3 Å². The van der Waals surface area contributed by atoms with Crippen molar-refractivity contribution in [1.82, 2.24) is 19.7 Å². The summed E-state index contributed by atoms with van der Waals surface area (Å²) in [5, 5.41) is 3.98. The van der Waals surface area contributed by atoms with Crippen LogP contribution in [0.3, 0.4) is 0 Å². The lowest BCUT2D eigenvalue weighted by Gasteiger charge is -2.34. The van der Waals surface area contributed by atoms with Crippen molar-refractivity contribution in [2.24, 2.45) is 5.73 Å². The van der Waals surface area contributed by atoms with Crippen molar-refractivity contribution in [3.8, 4) is 22.8 Å². The number of alkyl halides is 4. The predicted octanol–water partition coefficient (Wildman–Crippen LogP) is 2.51. The second-order valence-electron chi connectivity index (χ2n) is 9.43. The van der Waals surface area contributed by atoms with Crippen LogP contribution in [0.25, 0.3) is 11.1 Å². The summed E-state index contributed by atoms with van der Waals surface area (Å²) in [5.74, 6) is -2.26. The van der Waals surface area contributed by atoms with Crippen LogP contribution < -0.4 is 15.2 Å². The molecule has 2 amide bonds. The van der Waals surface area contributed by atoms with Crippen molar-refractivity contribution in [1.29, 1.82) is 0 Å². The van der Waals surface area contributed by atoms with Gasteiger partial charge in [-0.3, -0.25) is 14.3 Å². The second kappa shape index (κ2) is 11.7. The summed E-state index contributed by atoms with van der Waals surface area (Å²) in [6, 6.07) is 6.19. The smallest absolute Gasteiger partial charge is 0.471 e. The van der Waals surface area contributed by atoms with Crippen molar-refractivity contribution in [3.63, 3.8) is 0 Å². The molecule has 2 unspecified atom stereocenters. The molecule has 1 aromatic carbocycles. The van der Waals surface area contributed by atoms with Gasteiger partial charge in [0.05, 0.1) is 19.2 Å². The van der Waals surface area contributed by atoms with Crippen LogP contribution in [0.2, 0.25) is 0 Å². The SMILES string of the molecule is CS(=O)(=O)Cn1cc(-c2cnc(OC3CCN(C(=O)Cc4ccc(OC(F)(F)F)cc4)CC3F)c(C(N)=O)c2)cn1. The van der Waals surface area contributed by atoms with E-state index in [9.17, 15) is 31.2 Å². The zero-order valence-electron chi connectivity index (χ0n) is 21.5. The maximum absolute atomic E-state index is 15.1. The molecule has 0 saturated carbocycles. The van der Waals surface area contributed by atoms with E-state index in [0.29, 0.717) is 16.7 Å². The first-order valence-corrected chi connectivity index (χ1v) is 14.2. The number of nitrogens with zero attached hydrogens (tertiary/aromatic N) is 4. The van der Waals surface area contributed by atoms with E-state index in [0.717, 1.165) is 18.4 Å². The zero-order chi connectivity index (χ0) is 29.9. The minimum Gasteiger partial charge on any atom is -0.471 e. The first-order valence-electron chi connectivity index (χ1n) is 12.1. The van der Waals surface area contributed by atoms with E-state index in [4.69, 9.17) is 10.5 Å². The molecule has 16 heteroatoms. The number of carbonyl (C=O) groups excluding carboxylic acids is 2. The van der Waals surface area contributed by atoms with Gasteiger partial charge in [-0.25, -0.2) is 17.8 Å². The minimum atomic E-state index is -4.83. The number of ether oxygens (including phenoxy) is 2. The summed E-state index contributed by atoms with van der Waals surface area (Å²) in [6.45, 7) is -0.176. The van der Waals surface area contributed by atoms with Gasteiger partial charge in [-0.05, 0) is 23.8 Å². The van der Waals surface area contributed by atoms with E-state index >= 15 is 4.39 Å². The Morgan fingerprint density at radius 3 is 2.46 bits per heavy atom. The molecule has 3 aromatic rings. The number of likely N-dealkylation sites (tertiary alicyclic amines) is 1. The molecule has 0 spiro atoms. The third kappa shape index (κ3) is 8.15. The van der Waals surface area contributed by atoms with Gasteiger partial charge < -0.3 is 20.1 Å². The maximum Gasteiger partial charge on any atom is 0.573 e. The molecule has 2 aromatic heterocycles. The molecule has 1 aliphatic rings. The third-order valence-electron chi connectivity index (χ3n) is 6.06. The number of benzene rings is 1. The van der Waals surface area contributed by atoms with E-state index in [1.807, 2.05) is 0 Å². The van der Waals surface area contributed by atoms with Crippen LogP contribution in [0.15, 0.2) is 48.9 Å². The highest BCUT2D eigenvalue weighted by Crippen LogP contribution is 2.28. The van der Waals surface area contributed by atoms with Crippen molar-refractivity contribution < 1.29 is 45.0 Å². The molecule has 0 bridgehead atoms. The normalized spacial score (nSPS) is 17.7. The second-order valence-corrected chi connectivity index (χ2v) is 11.5. The average molecular weight is 600 g/mol. The highest BCUT2D eigenvalue weighted by molar-refractivity contribution is 7.89. The highest BCUT2D eigenvalue weighted by Gasteiger charge is 2.34. The molecule has 3 heterocycles. The number of hydrogen-bond donors (Lipinski definition) is 1. The number of carbonyl (C=O) groups is 2. The summed E-state index contributed by atoms with van der Waals surface area (Å²) in [5.41, 5.74) is 6.67. The van der Waals surface area contributed by atoms with Crippen LogP contribution in [0.1, 0.15) is 22.3 Å².